The Kier molecular flexibility index (Phi) is 4.47. The van der Waals surface area contributed by atoms with E-state index in [1.165, 1.54) is 39.3 Å². The van der Waals surface area contributed by atoms with Gasteiger partial charge in [-0.25, -0.2) is 0 Å². The van der Waals surface area contributed by atoms with Crippen molar-refractivity contribution in [3.63, 3.8) is 0 Å². The number of aryl methyl sites for hydroxylation is 1. The minimum atomic E-state index is 0.733. The summed E-state index contributed by atoms with van der Waals surface area (Å²) in [4.78, 5) is 9.84. The average molecular weight is 328 g/mol. The van der Waals surface area contributed by atoms with Crippen molar-refractivity contribution in [2.45, 2.75) is 45.9 Å². The van der Waals surface area contributed by atoms with E-state index in [0.29, 0.717) is 0 Å². The summed E-state index contributed by atoms with van der Waals surface area (Å²) in [5, 5.41) is 0. The zero-order valence-corrected chi connectivity index (χ0v) is 14.6. The number of pyridine rings is 1. The Bertz CT molecular complexity index is 678. The summed E-state index contributed by atoms with van der Waals surface area (Å²) in [6.45, 7) is 7.03. The molecule has 0 saturated heterocycles. The van der Waals surface area contributed by atoms with Gasteiger partial charge >= 0.3 is 0 Å². The summed E-state index contributed by atoms with van der Waals surface area (Å²) < 4.78 is 5.88. The number of hydrogen-bond acceptors (Lipinski definition) is 4. The molecular weight excluding hydrogens is 304 g/mol. The van der Waals surface area contributed by atoms with Gasteiger partial charge in [0.1, 0.15) is 0 Å². The third kappa shape index (κ3) is 3.82. The first-order valence-electron chi connectivity index (χ1n) is 8.58. The van der Waals surface area contributed by atoms with Gasteiger partial charge in [0.25, 0.3) is 0 Å². The van der Waals surface area contributed by atoms with E-state index in [1.54, 1.807) is 0 Å². The van der Waals surface area contributed by atoms with Crippen molar-refractivity contribution in [2.75, 3.05) is 13.2 Å². The van der Waals surface area contributed by atoms with Gasteiger partial charge in [0, 0.05) is 48.4 Å². The Hall–Kier alpha value is -1.23. The van der Waals surface area contributed by atoms with E-state index in [2.05, 4.69) is 28.9 Å². The smallest absolute Gasteiger partial charge is 0.0734 e. The average Bonchev–Trinajstić information content (AvgIpc) is 3.29. The second-order valence-corrected chi connectivity index (χ2v) is 8.24. The maximum atomic E-state index is 5.88. The molecule has 3 nitrogen and oxygen atoms in total. The van der Waals surface area contributed by atoms with Crippen LogP contribution in [-0.2, 0) is 30.9 Å². The number of ether oxygens (including phenoxy) is 1. The van der Waals surface area contributed by atoms with Crippen molar-refractivity contribution in [1.29, 1.82) is 0 Å². The first-order valence-corrected chi connectivity index (χ1v) is 9.39. The first kappa shape index (κ1) is 15.3. The highest BCUT2D eigenvalue weighted by molar-refractivity contribution is 7.11. The molecule has 0 spiro atoms. The fourth-order valence-electron chi connectivity index (χ4n) is 3.30. The Morgan fingerprint density at radius 2 is 2.22 bits per heavy atom. The lowest BCUT2D eigenvalue weighted by atomic mass is 9.97. The summed E-state index contributed by atoms with van der Waals surface area (Å²) in [6, 6.07) is 4.48. The molecule has 1 aliphatic heterocycles. The molecule has 0 unspecified atom stereocenters. The lowest BCUT2D eigenvalue weighted by molar-refractivity contribution is 0.110. The van der Waals surface area contributed by atoms with Crippen LogP contribution in [0.4, 0.5) is 0 Å². The van der Waals surface area contributed by atoms with Crippen molar-refractivity contribution in [3.8, 4) is 0 Å². The number of thiophene rings is 1. The number of rotatable bonds is 6. The Balaban J connectivity index is 1.40. The molecular formula is C19H24N2OS. The van der Waals surface area contributed by atoms with Crippen molar-refractivity contribution in [2.24, 2.45) is 5.92 Å². The lowest BCUT2D eigenvalue weighted by Gasteiger charge is -2.29. The molecule has 0 aromatic carbocycles. The fraction of sp³-hybridized carbons (Fsp3) is 0.526. The van der Waals surface area contributed by atoms with Crippen molar-refractivity contribution in [1.82, 2.24) is 9.88 Å². The van der Waals surface area contributed by atoms with Gasteiger partial charge in [-0.2, -0.15) is 0 Å². The predicted molar refractivity (Wildman–Crippen MR) is 93.5 cm³/mol. The van der Waals surface area contributed by atoms with Crippen LogP contribution in [0.2, 0.25) is 0 Å². The van der Waals surface area contributed by atoms with E-state index in [1.807, 2.05) is 23.7 Å². The zero-order chi connectivity index (χ0) is 15.6. The van der Waals surface area contributed by atoms with Gasteiger partial charge in [-0.15, -0.1) is 11.3 Å². The van der Waals surface area contributed by atoms with Crippen LogP contribution in [0.3, 0.4) is 0 Å². The van der Waals surface area contributed by atoms with Gasteiger partial charge < -0.3 is 4.74 Å². The van der Waals surface area contributed by atoms with E-state index in [9.17, 15) is 0 Å². The second-order valence-electron chi connectivity index (χ2n) is 6.87. The third-order valence-corrected chi connectivity index (χ3v) is 5.78. The molecule has 4 rings (SSSR count). The first-order chi connectivity index (χ1) is 11.3. The highest BCUT2D eigenvalue weighted by Crippen LogP contribution is 2.30. The minimum Gasteiger partial charge on any atom is -0.376 e. The molecule has 0 radical (unpaired) electrons. The second kappa shape index (κ2) is 6.71. The number of hydrogen-bond donors (Lipinski definition) is 0. The lowest BCUT2D eigenvalue weighted by Crippen LogP contribution is -2.30. The number of fused-ring (bicyclic) bond motifs is 1. The van der Waals surface area contributed by atoms with E-state index in [4.69, 9.17) is 4.74 Å². The summed E-state index contributed by atoms with van der Waals surface area (Å²) in [5.74, 6) is 0.826. The SMILES string of the molecule is Cc1ccc(CN2CCc3c(COCC4CC4)cncc3C2)s1. The Morgan fingerprint density at radius 3 is 3.00 bits per heavy atom. The maximum Gasteiger partial charge on any atom is 0.0734 e. The van der Waals surface area contributed by atoms with E-state index in [-0.39, 0.29) is 0 Å². The quantitative estimate of drug-likeness (QED) is 0.803. The van der Waals surface area contributed by atoms with Crippen LogP contribution < -0.4 is 0 Å². The molecule has 3 heterocycles. The van der Waals surface area contributed by atoms with Crippen molar-refractivity contribution >= 4 is 11.3 Å². The van der Waals surface area contributed by atoms with Gasteiger partial charge in [0.15, 0.2) is 0 Å². The molecule has 1 fully saturated rings. The molecule has 0 bridgehead atoms. The standard InChI is InChI=1S/C19H24N2OS/c1-14-2-5-18(23-14)11-21-7-6-19-16(10-21)8-20-9-17(19)13-22-12-15-3-4-15/h2,5,8-9,15H,3-4,6-7,10-13H2,1H3. The van der Waals surface area contributed by atoms with Gasteiger partial charge in [0.2, 0.25) is 0 Å². The van der Waals surface area contributed by atoms with Crippen LogP contribution in [0.25, 0.3) is 0 Å². The maximum absolute atomic E-state index is 5.88. The third-order valence-electron chi connectivity index (χ3n) is 4.79. The van der Waals surface area contributed by atoms with Crippen LogP contribution in [0, 0.1) is 12.8 Å². The number of aromatic nitrogens is 1. The Labute approximate surface area is 142 Å². The highest BCUT2D eigenvalue weighted by Gasteiger charge is 2.22. The van der Waals surface area contributed by atoms with Gasteiger partial charge in [0.05, 0.1) is 6.61 Å². The summed E-state index contributed by atoms with van der Waals surface area (Å²) in [6.07, 6.45) is 7.87. The molecule has 0 atom stereocenters. The topological polar surface area (TPSA) is 25.4 Å². The normalized spacial score (nSPS) is 18.1. The van der Waals surface area contributed by atoms with Crippen LogP contribution in [0.5, 0.6) is 0 Å². The molecule has 1 saturated carbocycles. The summed E-state index contributed by atoms with van der Waals surface area (Å²) >= 11 is 1.91. The molecule has 1 aliphatic carbocycles. The molecule has 2 aromatic heterocycles. The predicted octanol–water partition coefficient (Wildman–Crippen LogP) is 3.94. The highest BCUT2D eigenvalue weighted by atomic mass is 32.1. The molecule has 4 heteroatoms. The van der Waals surface area contributed by atoms with Crippen molar-refractivity contribution in [3.05, 3.63) is 51.0 Å². The molecule has 23 heavy (non-hydrogen) atoms. The monoisotopic (exact) mass is 328 g/mol. The van der Waals surface area contributed by atoms with Gasteiger partial charge in [-0.1, -0.05) is 0 Å². The van der Waals surface area contributed by atoms with Crippen LogP contribution in [0.1, 0.15) is 39.3 Å². The fourth-order valence-corrected chi connectivity index (χ4v) is 4.23. The summed E-state index contributed by atoms with van der Waals surface area (Å²) in [7, 11) is 0. The van der Waals surface area contributed by atoms with Crippen LogP contribution >= 0.6 is 11.3 Å². The molecule has 0 N–H and O–H groups in total. The van der Waals surface area contributed by atoms with Gasteiger partial charge in [-0.3, -0.25) is 9.88 Å². The van der Waals surface area contributed by atoms with Gasteiger partial charge in [-0.05, 0) is 60.9 Å². The molecule has 2 aliphatic rings. The zero-order valence-electron chi connectivity index (χ0n) is 13.8. The van der Waals surface area contributed by atoms with Crippen LogP contribution in [-0.4, -0.2) is 23.0 Å². The van der Waals surface area contributed by atoms with Crippen molar-refractivity contribution < 1.29 is 4.74 Å². The minimum absolute atomic E-state index is 0.733. The molecule has 2 aromatic rings. The van der Waals surface area contributed by atoms with E-state index < -0.39 is 0 Å². The van der Waals surface area contributed by atoms with E-state index in [0.717, 1.165) is 45.2 Å². The summed E-state index contributed by atoms with van der Waals surface area (Å²) in [5.41, 5.74) is 4.17. The van der Waals surface area contributed by atoms with E-state index >= 15 is 0 Å². The van der Waals surface area contributed by atoms with Crippen LogP contribution in [0.15, 0.2) is 24.5 Å². The number of nitrogens with zero attached hydrogens (tertiary/aromatic N) is 2. The molecule has 0 amide bonds. The Morgan fingerprint density at radius 1 is 1.30 bits per heavy atom. The molecule has 122 valence electrons. The largest absolute Gasteiger partial charge is 0.376 e.